The van der Waals surface area contributed by atoms with Crippen LogP contribution in [0.1, 0.15) is 27.3 Å². The molecule has 0 spiro atoms. The fourth-order valence-electron chi connectivity index (χ4n) is 2.14. The summed E-state index contributed by atoms with van der Waals surface area (Å²) in [6.07, 6.45) is -4.93. The molecule has 0 unspecified atom stereocenters. The Morgan fingerprint density at radius 1 is 1.26 bits per heavy atom. The number of carbonyl (C=O) groups is 2. The van der Waals surface area contributed by atoms with Crippen molar-refractivity contribution in [3.05, 3.63) is 47.9 Å². The van der Waals surface area contributed by atoms with Crippen LogP contribution in [-0.4, -0.2) is 21.7 Å². The zero-order valence-corrected chi connectivity index (χ0v) is 15.8. The minimum absolute atomic E-state index is 0.0462. The number of imide groups is 1. The predicted molar refractivity (Wildman–Crippen MR) is 92.5 cm³/mol. The van der Waals surface area contributed by atoms with Crippen molar-refractivity contribution in [2.45, 2.75) is 20.0 Å². The molecule has 0 saturated carbocycles. The summed E-state index contributed by atoms with van der Waals surface area (Å²) in [6.45, 7) is 2.17. The molecule has 1 aromatic heterocycles. The molecule has 0 aliphatic rings. The number of carbonyl (C=O) groups excluding carboxylic acids is 2. The van der Waals surface area contributed by atoms with E-state index >= 15 is 0 Å². The summed E-state index contributed by atoms with van der Waals surface area (Å²) >= 11 is 12.3. The van der Waals surface area contributed by atoms with Gasteiger partial charge in [-0.25, -0.2) is 9.88 Å². The summed E-state index contributed by atoms with van der Waals surface area (Å²) in [5, 5.41) is 9.89. The van der Waals surface area contributed by atoms with Gasteiger partial charge in [-0.15, -0.1) is 11.3 Å². The molecule has 2 aromatic rings. The van der Waals surface area contributed by atoms with E-state index in [9.17, 15) is 32.9 Å². The van der Waals surface area contributed by atoms with Crippen LogP contribution in [0.2, 0.25) is 10.0 Å². The smallest absolute Gasteiger partial charge is 0.274 e. The molecule has 1 heterocycles. The molecular formula is C14H8Cl2F3N3O4S. The number of aryl methyl sites for hydroxylation is 1. The fourth-order valence-corrected chi connectivity index (χ4v) is 3.65. The molecule has 27 heavy (non-hydrogen) atoms. The van der Waals surface area contributed by atoms with Crippen molar-refractivity contribution in [2.75, 3.05) is 4.90 Å². The lowest BCUT2D eigenvalue weighted by molar-refractivity contribution is -0.384. The van der Waals surface area contributed by atoms with Gasteiger partial charge >= 0.3 is 6.18 Å². The second-order valence-corrected chi connectivity index (χ2v) is 7.10. The lowest BCUT2D eigenvalue weighted by Gasteiger charge is -2.21. The average molecular weight is 442 g/mol. The molecule has 144 valence electrons. The van der Waals surface area contributed by atoms with E-state index < -0.39 is 54.9 Å². The molecule has 0 bridgehead atoms. The number of aromatic nitrogens is 1. The first-order valence-electron chi connectivity index (χ1n) is 6.87. The molecule has 0 saturated heterocycles. The van der Waals surface area contributed by atoms with Crippen molar-refractivity contribution < 1.29 is 27.7 Å². The number of anilines is 1. The number of benzene rings is 1. The predicted octanol–water partition coefficient (Wildman–Crippen LogP) is 4.88. The van der Waals surface area contributed by atoms with Crippen LogP contribution in [0.4, 0.5) is 24.5 Å². The van der Waals surface area contributed by atoms with E-state index in [0.29, 0.717) is 16.2 Å². The maximum absolute atomic E-state index is 13.2. The Kier molecular flexibility index (Phi) is 5.78. The van der Waals surface area contributed by atoms with Gasteiger partial charge in [0, 0.05) is 19.1 Å². The van der Waals surface area contributed by atoms with Crippen LogP contribution in [0.5, 0.6) is 0 Å². The lowest BCUT2D eigenvalue weighted by Crippen LogP contribution is -2.36. The van der Waals surface area contributed by atoms with Crippen molar-refractivity contribution >= 4 is 57.7 Å². The molecule has 7 nitrogen and oxygen atoms in total. The number of non-ortho nitro benzene ring substituents is 1. The van der Waals surface area contributed by atoms with Crippen LogP contribution in [0.25, 0.3) is 0 Å². The zero-order valence-electron chi connectivity index (χ0n) is 13.4. The van der Waals surface area contributed by atoms with Crippen LogP contribution in [0.15, 0.2) is 12.1 Å². The van der Waals surface area contributed by atoms with Crippen LogP contribution >= 0.6 is 34.5 Å². The highest BCUT2D eigenvalue weighted by molar-refractivity contribution is 7.14. The van der Waals surface area contributed by atoms with Crippen molar-refractivity contribution in [1.82, 2.24) is 4.98 Å². The summed E-state index contributed by atoms with van der Waals surface area (Å²) in [4.78, 5) is 37.6. The van der Waals surface area contributed by atoms with Gasteiger partial charge in [0.15, 0.2) is 5.69 Å². The molecule has 0 fully saturated rings. The van der Waals surface area contributed by atoms with Crippen molar-refractivity contribution in [1.29, 1.82) is 0 Å². The SMILES string of the molecule is CC(=O)N(C(=O)c1sc(C)nc1C(F)(F)F)c1c(Cl)cc([N+](=O)[O-])cc1Cl. The van der Waals surface area contributed by atoms with Crippen LogP contribution in [0, 0.1) is 17.0 Å². The summed E-state index contributed by atoms with van der Waals surface area (Å²) < 4.78 is 39.5. The quantitative estimate of drug-likeness (QED) is 0.499. The number of alkyl halides is 3. The van der Waals surface area contributed by atoms with E-state index in [-0.39, 0.29) is 5.01 Å². The number of thiazole rings is 1. The topological polar surface area (TPSA) is 93.4 Å². The third-order valence-electron chi connectivity index (χ3n) is 3.15. The van der Waals surface area contributed by atoms with Crippen LogP contribution < -0.4 is 4.90 Å². The van der Waals surface area contributed by atoms with Gasteiger partial charge in [0.1, 0.15) is 4.88 Å². The molecule has 0 N–H and O–H groups in total. The molecule has 1 aromatic carbocycles. The van der Waals surface area contributed by atoms with E-state index in [4.69, 9.17) is 23.2 Å². The average Bonchev–Trinajstić information content (AvgIpc) is 2.91. The summed E-state index contributed by atoms with van der Waals surface area (Å²) in [5.74, 6) is -2.34. The maximum Gasteiger partial charge on any atom is 0.435 e. The number of nitrogens with zero attached hydrogens (tertiary/aromatic N) is 3. The van der Waals surface area contributed by atoms with E-state index in [2.05, 4.69) is 4.98 Å². The maximum atomic E-state index is 13.2. The Hall–Kier alpha value is -2.24. The minimum Gasteiger partial charge on any atom is -0.274 e. The van der Waals surface area contributed by atoms with Gasteiger partial charge < -0.3 is 0 Å². The molecular weight excluding hydrogens is 434 g/mol. The largest absolute Gasteiger partial charge is 0.435 e. The third kappa shape index (κ3) is 4.20. The Morgan fingerprint density at radius 2 is 1.78 bits per heavy atom. The molecule has 2 amide bonds. The van der Waals surface area contributed by atoms with Gasteiger partial charge in [-0.1, -0.05) is 23.2 Å². The number of amides is 2. The van der Waals surface area contributed by atoms with E-state index in [1.807, 2.05) is 0 Å². The van der Waals surface area contributed by atoms with Gasteiger partial charge in [-0.05, 0) is 6.92 Å². The highest BCUT2D eigenvalue weighted by Crippen LogP contribution is 2.40. The summed E-state index contributed by atoms with van der Waals surface area (Å²) in [5.41, 5.74) is -2.43. The number of hydrogen-bond acceptors (Lipinski definition) is 6. The normalized spacial score (nSPS) is 11.4. The lowest BCUT2D eigenvalue weighted by atomic mass is 10.2. The zero-order chi connectivity index (χ0) is 20.7. The van der Waals surface area contributed by atoms with Crippen molar-refractivity contribution in [2.24, 2.45) is 0 Å². The highest BCUT2D eigenvalue weighted by atomic mass is 35.5. The summed E-state index contributed by atoms with van der Waals surface area (Å²) in [6, 6.07) is 1.66. The second-order valence-electron chi connectivity index (χ2n) is 5.08. The molecule has 0 aliphatic heterocycles. The van der Waals surface area contributed by atoms with Crippen LogP contribution in [-0.2, 0) is 11.0 Å². The van der Waals surface area contributed by atoms with E-state index in [0.717, 1.165) is 19.1 Å². The fraction of sp³-hybridized carbons (Fsp3) is 0.214. The molecule has 13 heteroatoms. The number of nitro groups is 1. The Balaban J connectivity index is 2.66. The Morgan fingerprint density at radius 3 is 2.19 bits per heavy atom. The first-order chi connectivity index (χ1) is 12.3. The molecule has 0 atom stereocenters. The second kappa shape index (κ2) is 7.41. The first kappa shape index (κ1) is 21.1. The van der Waals surface area contributed by atoms with Gasteiger partial charge in [0.05, 0.1) is 25.7 Å². The van der Waals surface area contributed by atoms with Crippen LogP contribution in [0.3, 0.4) is 0 Å². The van der Waals surface area contributed by atoms with Crippen molar-refractivity contribution in [3.8, 4) is 0 Å². The summed E-state index contributed by atoms with van der Waals surface area (Å²) in [7, 11) is 0. The Labute approximate surface area is 163 Å². The monoisotopic (exact) mass is 441 g/mol. The van der Waals surface area contributed by atoms with Gasteiger partial charge in [0.25, 0.3) is 11.6 Å². The Bertz CT molecular complexity index is 939. The van der Waals surface area contributed by atoms with Gasteiger partial charge in [-0.2, -0.15) is 13.2 Å². The van der Waals surface area contributed by atoms with Crippen molar-refractivity contribution in [3.63, 3.8) is 0 Å². The molecule has 0 aliphatic carbocycles. The standard InChI is InChI=1S/C14H8Cl2F3N3O4S/c1-5-20-12(14(17,18)19)11(27-5)13(24)21(6(2)23)10-8(15)3-7(22(25)26)4-9(10)16/h3-4H,1-2H3. The third-order valence-corrected chi connectivity index (χ3v) is 4.69. The number of nitro benzene ring substituents is 1. The number of halogens is 5. The molecule has 2 rings (SSSR count). The highest BCUT2D eigenvalue weighted by Gasteiger charge is 2.41. The van der Waals surface area contributed by atoms with E-state index in [1.165, 1.54) is 6.92 Å². The van der Waals surface area contributed by atoms with Gasteiger partial charge in [-0.3, -0.25) is 19.7 Å². The number of rotatable bonds is 3. The number of hydrogen-bond donors (Lipinski definition) is 0. The van der Waals surface area contributed by atoms with E-state index in [1.54, 1.807) is 0 Å². The molecule has 0 radical (unpaired) electrons. The minimum atomic E-state index is -4.93. The first-order valence-corrected chi connectivity index (χ1v) is 8.45. The van der Waals surface area contributed by atoms with Gasteiger partial charge in [0.2, 0.25) is 5.91 Å².